The number of anilines is 2. The number of fused-ring (bicyclic) bond motifs is 1. The lowest BCUT2D eigenvalue weighted by Crippen LogP contribution is -2.47. The van der Waals surface area contributed by atoms with Gasteiger partial charge in [-0.05, 0) is 36.2 Å². The molecule has 3 N–H and O–H groups in total. The number of aliphatic hydroxyl groups excluding tert-OH is 1. The van der Waals surface area contributed by atoms with E-state index >= 15 is 0 Å². The first-order valence-corrected chi connectivity index (χ1v) is 12.6. The van der Waals surface area contributed by atoms with Gasteiger partial charge in [-0.2, -0.15) is 5.10 Å². The quantitative estimate of drug-likeness (QED) is 0.290. The average Bonchev–Trinajstić information content (AvgIpc) is 3.56. The molecule has 0 aliphatic carbocycles. The van der Waals surface area contributed by atoms with Crippen molar-refractivity contribution in [3.8, 4) is 17.0 Å². The average molecular weight is 549 g/mol. The Balaban J connectivity index is 1.29. The van der Waals surface area contributed by atoms with E-state index < -0.39 is 24.4 Å². The van der Waals surface area contributed by atoms with Gasteiger partial charge in [-0.25, -0.2) is 19.2 Å². The van der Waals surface area contributed by atoms with Crippen LogP contribution >= 0.6 is 0 Å². The number of aryl methyl sites for hydroxylation is 2. The summed E-state index contributed by atoms with van der Waals surface area (Å²) >= 11 is 0. The Hall–Kier alpha value is -4.78. The fourth-order valence-electron chi connectivity index (χ4n) is 4.61. The molecule has 0 fully saturated rings. The number of ether oxygens (including phenoxy) is 1. The maximum atomic E-state index is 13.9. The zero-order valence-corrected chi connectivity index (χ0v) is 22.3. The molecule has 2 amide bonds. The summed E-state index contributed by atoms with van der Waals surface area (Å²) in [4.78, 5) is 36.6. The van der Waals surface area contributed by atoms with Crippen molar-refractivity contribution in [1.82, 2.24) is 34.5 Å². The van der Waals surface area contributed by atoms with Gasteiger partial charge in [-0.3, -0.25) is 14.0 Å². The summed E-state index contributed by atoms with van der Waals surface area (Å²) in [6.45, 7) is 1.56. The normalized spacial score (nSPS) is 13.6. The highest BCUT2D eigenvalue weighted by atomic mass is 19.1. The summed E-state index contributed by atoms with van der Waals surface area (Å²) in [7, 11) is 3.21. The Morgan fingerprint density at radius 2 is 2.10 bits per heavy atom. The minimum atomic E-state index is -0.861. The van der Waals surface area contributed by atoms with Crippen LogP contribution in [0.5, 0.6) is 5.75 Å². The number of hydrogen-bond donors (Lipinski definition) is 3. The summed E-state index contributed by atoms with van der Waals surface area (Å²) in [6.07, 6.45) is 5.62. The minimum Gasteiger partial charge on any atom is -0.497 e. The van der Waals surface area contributed by atoms with Gasteiger partial charge in [-0.1, -0.05) is 0 Å². The van der Waals surface area contributed by atoms with Crippen molar-refractivity contribution in [2.24, 2.45) is 7.05 Å². The molecule has 5 rings (SSSR count). The second-order valence-corrected chi connectivity index (χ2v) is 9.46. The van der Waals surface area contributed by atoms with Gasteiger partial charge in [0.1, 0.15) is 23.9 Å². The number of hydrogen-bond acceptors (Lipinski definition) is 8. The monoisotopic (exact) mass is 548 g/mol. The highest BCUT2D eigenvalue weighted by molar-refractivity contribution is 5.87. The fourth-order valence-corrected chi connectivity index (χ4v) is 4.61. The third-order valence-corrected chi connectivity index (χ3v) is 6.70. The van der Waals surface area contributed by atoms with Crippen LogP contribution in [0.15, 0.2) is 48.9 Å². The van der Waals surface area contributed by atoms with Crippen LogP contribution in [0.3, 0.4) is 0 Å². The summed E-state index contributed by atoms with van der Waals surface area (Å²) in [5.74, 6) is 0.359. The van der Waals surface area contributed by atoms with E-state index in [1.54, 1.807) is 36.4 Å². The van der Waals surface area contributed by atoms with Crippen LogP contribution < -0.4 is 15.4 Å². The summed E-state index contributed by atoms with van der Waals surface area (Å²) < 4.78 is 22.2. The lowest BCUT2D eigenvalue weighted by Gasteiger charge is -2.28. The molecule has 1 unspecified atom stereocenters. The zero-order chi connectivity index (χ0) is 28.4. The van der Waals surface area contributed by atoms with Crippen molar-refractivity contribution in [2.45, 2.75) is 19.4 Å². The molecule has 208 valence electrons. The standard InChI is InChI=1S/C27H29FN8O4/c1-16-12-29-26(32-23-4-6-30-34(23)2)33-25(16)18-9-20-5-7-35(27(39)36(20)13-18)14-24(38)31-22(15-37)17-8-19(28)11-21(10-17)40-3/h4,6,8-13,22,37H,5,7,14-15H2,1-3H3,(H,31,38)(H,29,32,33). The van der Waals surface area contributed by atoms with Gasteiger partial charge < -0.3 is 25.4 Å². The van der Waals surface area contributed by atoms with Crippen LogP contribution in [0, 0.1) is 12.7 Å². The molecule has 0 radical (unpaired) electrons. The SMILES string of the molecule is COc1cc(F)cc(C(CO)NC(=O)CN2CCc3cc(-c4nc(Nc5ccnn5C)ncc4C)cn3C2=O)c1. The van der Waals surface area contributed by atoms with Crippen LogP contribution in [0.1, 0.15) is 22.9 Å². The molecular formula is C27H29FN8O4. The number of aromatic nitrogens is 5. The number of aliphatic hydroxyl groups is 1. The number of benzene rings is 1. The first kappa shape index (κ1) is 26.8. The molecule has 0 saturated carbocycles. The van der Waals surface area contributed by atoms with Gasteiger partial charge in [0.2, 0.25) is 11.9 Å². The number of nitrogens with zero attached hydrogens (tertiary/aromatic N) is 6. The predicted molar refractivity (Wildman–Crippen MR) is 144 cm³/mol. The Kier molecular flexibility index (Phi) is 7.47. The predicted octanol–water partition coefficient (Wildman–Crippen LogP) is 2.55. The third-order valence-electron chi connectivity index (χ3n) is 6.70. The minimum absolute atomic E-state index is 0.222. The van der Waals surface area contributed by atoms with Crippen molar-refractivity contribution in [1.29, 1.82) is 0 Å². The van der Waals surface area contributed by atoms with Crippen LogP contribution in [-0.2, 0) is 18.3 Å². The van der Waals surface area contributed by atoms with Crippen molar-refractivity contribution in [3.63, 3.8) is 0 Å². The van der Waals surface area contributed by atoms with Crippen molar-refractivity contribution < 1.29 is 23.8 Å². The van der Waals surface area contributed by atoms with Gasteiger partial charge in [0.05, 0.1) is 31.6 Å². The molecule has 0 saturated heterocycles. The first-order valence-electron chi connectivity index (χ1n) is 12.6. The van der Waals surface area contributed by atoms with Crippen LogP contribution in [0.25, 0.3) is 11.3 Å². The number of halogens is 1. The van der Waals surface area contributed by atoms with E-state index in [9.17, 15) is 19.1 Å². The number of rotatable bonds is 9. The van der Waals surface area contributed by atoms with Gasteiger partial charge in [0.25, 0.3) is 0 Å². The van der Waals surface area contributed by atoms with Gasteiger partial charge in [0.15, 0.2) is 0 Å². The second kappa shape index (κ2) is 11.1. The lowest BCUT2D eigenvalue weighted by molar-refractivity contribution is -0.122. The molecule has 1 atom stereocenters. The molecule has 12 nitrogen and oxygen atoms in total. The molecule has 3 aromatic heterocycles. The van der Waals surface area contributed by atoms with E-state index in [1.807, 2.05) is 13.0 Å². The van der Waals surface area contributed by atoms with Crippen molar-refractivity contribution in [3.05, 3.63) is 71.6 Å². The van der Waals surface area contributed by atoms with Gasteiger partial charge in [-0.15, -0.1) is 0 Å². The summed E-state index contributed by atoms with van der Waals surface area (Å²) in [5, 5.41) is 19.8. The van der Waals surface area contributed by atoms with Crippen LogP contribution in [0.2, 0.25) is 0 Å². The van der Waals surface area contributed by atoms with E-state index in [1.165, 1.54) is 34.8 Å². The van der Waals surface area contributed by atoms with E-state index in [0.29, 0.717) is 30.2 Å². The molecule has 40 heavy (non-hydrogen) atoms. The van der Waals surface area contributed by atoms with E-state index in [4.69, 9.17) is 4.74 Å². The van der Waals surface area contributed by atoms with Gasteiger partial charge >= 0.3 is 6.03 Å². The number of nitrogens with one attached hydrogen (secondary N) is 2. The molecule has 0 bridgehead atoms. The Morgan fingerprint density at radius 1 is 1.27 bits per heavy atom. The second-order valence-electron chi connectivity index (χ2n) is 9.46. The van der Waals surface area contributed by atoms with Crippen molar-refractivity contribution in [2.75, 3.05) is 32.1 Å². The Labute approximate surface area is 229 Å². The zero-order valence-electron chi connectivity index (χ0n) is 22.3. The van der Waals surface area contributed by atoms with Crippen LogP contribution in [-0.4, -0.2) is 73.1 Å². The number of carbonyl (C=O) groups excluding carboxylic acids is 2. The smallest absolute Gasteiger partial charge is 0.328 e. The maximum absolute atomic E-state index is 13.9. The van der Waals surface area contributed by atoms with E-state index in [0.717, 1.165) is 22.6 Å². The molecule has 0 spiro atoms. The fraction of sp³-hybridized carbons (Fsp3) is 0.296. The molecule has 1 aliphatic heterocycles. The largest absolute Gasteiger partial charge is 0.497 e. The molecule has 1 aromatic carbocycles. The topological polar surface area (TPSA) is 139 Å². The maximum Gasteiger partial charge on any atom is 0.328 e. The van der Waals surface area contributed by atoms with Crippen molar-refractivity contribution >= 4 is 23.7 Å². The van der Waals surface area contributed by atoms with E-state index in [2.05, 4.69) is 25.7 Å². The Morgan fingerprint density at radius 3 is 2.83 bits per heavy atom. The lowest BCUT2D eigenvalue weighted by atomic mass is 10.1. The Bertz CT molecular complexity index is 1570. The van der Waals surface area contributed by atoms with Crippen LogP contribution in [0.4, 0.5) is 21.0 Å². The summed E-state index contributed by atoms with van der Waals surface area (Å²) in [6, 6.07) is 6.47. The summed E-state index contributed by atoms with van der Waals surface area (Å²) in [5.41, 5.74) is 3.42. The first-order chi connectivity index (χ1) is 19.2. The molecule has 1 aliphatic rings. The van der Waals surface area contributed by atoms with E-state index in [-0.39, 0.29) is 18.3 Å². The number of methoxy groups -OCH3 is 1. The highest BCUT2D eigenvalue weighted by Crippen LogP contribution is 2.28. The molecule has 13 heteroatoms. The molecule has 4 heterocycles. The third kappa shape index (κ3) is 5.50. The molecule has 4 aromatic rings. The number of amides is 2. The number of carbonyl (C=O) groups is 2. The highest BCUT2D eigenvalue weighted by Gasteiger charge is 2.28. The molecular weight excluding hydrogens is 519 g/mol. The van der Waals surface area contributed by atoms with Gasteiger partial charge in [0, 0.05) is 55.8 Å².